The highest BCUT2D eigenvalue weighted by Crippen LogP contribution is 2.19. The third-order valence-electron chi connectivity index (χ3n) is 3.80. The quantitative estimate of drug-likeness (QED) is 0.820. The number of nitrogens with one attached hydrogen (secondary N) is 2. The second kappa shape index (κ2) is 8.36. The molecule has 3 rings (SSSR count). The van der Waals surface area contributed by atoms with Gasteiger partial charge in [0, 0.05) is 24.0 Å². The molecular formula is C19H22N2O3. The number of amides is 1. The van der Waals surface area contributed by atoms with Gasteiger partial charge in [0.1, 0.15) is 12.4 Å². The van der Waals surface area contributed by atoms with Crippen LogP contribution >= 0.6 is 0 Å². The van der Waals surface area contributed by atoms with Gasteiger partial charge in [0.25, 0.3) is 0 Å². The third-order valence-corrected chi connectivity index (χ3v) is 3.80. The SMILES string of the molecule is O=C(CNc1cccc(OC[C@@H]2CCCO2)c1)Nc1ccccc1. The molecule has 2 aromatic carbocycles. The summed E-state index contributed by atoms with van der Waals surface area (Å²) in [4.78, 5) is 11.9. The van der Waals surface area contributed by atoms with Gasteiger partial charge in [-0.05, 0) is 37.1 Å². The lowest BCUT2D eigenvalue weighted by molar-refractivity contribution is -0.114. The van der Waals surface area contributed by atoms with Crippen LogP contribution in [0, 0.1) is 0 Å². The zero-order chi connectivity index (χ0) is 16.6. The first kappa shape index (κ1) is 16.3. The minimum absolute atomic E-state index is 0.0909. The Kier molecular flexibility index (Phi) is 5.69. The molecule has 1 amide bonds. The third kappa shape index (κ3) is 4.99. The van der Waals surface area contributed by atoms with Gasteiger partial charge < -0.3 is 20.1 Å². The normalized spacial score (nSPS) is 16.6. The Balaban J connectivity index is 1.46. The highest BCUT2D eigenvalue weighted by Gasteiger charge is 2.15. The van der Waals surface area contributed by atoms with E-state index in [-0.39, 0.29) is 18.6 Å². The van der Waals surface area contributed by atoms with E-state index in [9.17, 15) is 4.79 Å². The molecule has 5 heteroatoms. The Morgan fingerprint density at radius 3 is 2.75 bits per heavy atom. The first-order valence-electron chi connectivity index (χ1n) is 8.23. The molecule has 0 aromatic heterocycles. The van der Waals surface area contributed by atoms with Crippen molar-refractivity contribution in [1.29, 1.82) is 0 Å². The number of carbonyl (C=O) groups is 1. The summed E-state index contributed by atoms with van der Waals surface area (Å²) in [5.41, 5.74) is 1.64. The van der Waals surface area contributed by atoms with E-state index in [1.54, 1.807) is 0 Å². The minimum Gasteiger partial charge on any atom is -0.491 e. The number of rotatable bonds is 7. The van der Waals surface area contributed by atoms with Crippen LogP contribution in [0.5, 0.6) is 5.75 Å². The summed E-state index contributed by atoms with van der Waals surface area (Å²) in [5, 5.41) is 5.95. The summed E-state index contributed by atoms with van der Waals surface area (Å²) in [6.45, 7) is 1.59. The molecule has 2 N–H and O–H groups in total. The van der Waals surface area contributed by atoms with E-state index in [2.05, 4.69) is 10.6 Å². The molecule has 1 aliphatic rings. The largest absolute Gasteiger partial charge is 0.491 e. The molecule has 1 atom stereocenters. The Morgan fingerprint density at radius 1 is 1.12 bits per heavy atom. The van der Waals surface area contributed by atoms with Crippen LogP contribution in [0.4, 0.5) is 11.4 Å². The summed E-state index contributed by atoms with van der Waals surface area (Å²) in [7, 11) is 0. The van der Waals surface area contributed by atoms with Crippen molar-refractivity contribution in [3.8, 4) is 5.75 Å². The molecule has 1 heterocycles. The van der Waals surface area contributed by atoms with Crippen LogP contribution in [-0.4, -0.2) is 31.8 Å². The number of hydrogen-bond donors (Lipinski definition) is 2. The molecule has 2 aromatic rings. The van der Waals surface area contributed by atoms with Gasteiger partial charge in [-0.25, -0.2) is 0 Å². The second-order valence-corrected chi connectivity index (χ2v) is 5.74. The van der Waals surface area contributed by atoms with Crippen molar-refractivity contribution in [2.75, 3.05) is 30.4 Å². The molecule has 0 spiro atoms. The van der Waals surface area contributed by atoms with E-state index < -0.39 is 0 Å². The summed E-state index contributed by atoms with van der Waals surface area (Å²) in [5.74, 6) is 0.686. The molecule has 0 bridgehead atoms. The van der Waals surface area contributed by atoms with E-state index in [0.29, 0.717) is 6.61 Å². The number of para-hydroxylation sites is 1. The number of benzene rings is 2. The molecule has 5 nitrogen and oxygen atoms in total. The monoisotopic (exact) mass is 326 g/mol. The van der Waals surface area contributed by atoms with Crippen LogP contribution in [0.15, 0.2) is 54.6 Å². The molecule has 0 aliphatic carbocycles. The van der Waals surface area contributed by atoms with Crippen LogP contribution in [-0.2, 0) is 9.53 Å². The average Bonchev–Trinajstić information content (AvgIpc) is 3.13. The lowest BCUT2D eigenvalue weighted by Crippen LogP contribution is -2.21. The van der Waals surface area contributed by atoms with Crippen molar-refractivity contribution < 1.29 is 14.3 Å². The summed E-state index contributed by atoms with van der Waals surface area (Å²) in [6, 6.07) is 17.0. The minimum atomic E-state index is -0.0909. The van der Waals surface area contributed by atoms with Crippen LogP contribution in [0.2, 0.25) is 0 Å². The molecule has 0 radical (unpaired) electrons. The van der Waals surface area contributed by atoms with Crippen LogP contribution < -0.4 is 15.4 Å². The predicted molar refractivity (Wildman–Crippen MR) is 94.5 cm³/mol. The topological polar surface area (TPSA) is 59.6 Å². The Labute approximate surface area is 142 Å². The zero-order valence-electron chi connectivity index (χ0n) is 13.5. The zero-order valence-corrected chi connectivity index (χ0v) is 13.5. The van der Waals surface area contributed by atoms with Gasteiger partial charge in [-0.1, -0.05) is 24.3 Å². The highest BCUT2D eigenvalue weighted by molar-refractivity contribution is 5.93. The van der Waals surface area contributed by atoms with Gasteiger partial charge in [0.2, 0.25) is 5.91 Å². The van der Waals surface area contributed by atoms with E-state index in [1.165, 1.54) is 0 Å². The maximum absolute atomic E-state index is 11.9. The predicted octanol–water partition coefficient (Wildman–Crippen LogP) is 3.30. The number of anilines is 2. The van der Waals surface area contributed by atoms with Crippen LogP contribution in [0.3, 0.4) is 0 Å². The van der Waals surface area contributed by atoms with Crippen LogP contribution in [0.1, 0.15) is 12.8 Å². The number of hydrogen-bond acceptors (Lipinski definition) is 4. The standard InChI is InChI=1S/C19H22N2O3/c22-19(21-15-6-2-1-3-7-15)13-20-16-8-4-9-17(12-16)24-14-18-10-5-11-23-18/h1-4,6-9,12,18,20H,5,10-11,13-14H2,(H,21,22)/t18-/m0/s1. The van der Waals surface area contributed by atoms with E-state index >= 15 is 0 Å². The molecule has 0 saturated carbocycles. The van der Waals surface area contributed by atoms with Gasteiger partial charge >= 0.3 is 0 Å². The number of carbonyl (C=O) groups excluding carboxylic acids is 1. The maximum atomic E-state index is 11.9. The van der Waals surface area contributed by atoms with E-state index in [0.717, 1.165) is 36.6 Å². The van der Waals surface area contributed by atoms with Crippen molar-refractivity contribution in [3.05, 3.63) is 54.6 Å². The highest BCUT2D eigenvalue weighted by atomic mass is 16.5. The Morgan fingerprint density at radius 2 is 1.96 bits per heavy atom. The van der Waals surface area contributed by atoms with Gasteiger partial charge in [0.05, 0.1) is 12.6 Å². The summed E-state index contributed by atoms with van der Waals surface area (Å²) >= 11 is 0. The second-order valence-electron chi connectivity index (χ2n) is 5.74. The lowest BCUT2D eigenvalue weighted by atomic mass is 10.2. The molecule has 126 valence electrons. The van der Waals surface area contributed by atoms with E-state index in [4.69, 9.17) is 9.47 Å². The van der Waals surface area contributed by atoms with Crippen molar-refractivity contribution >= 4 is 17.3 Å². The summed E-state index contributed by atoms with van der Waals surface area (Å²) in [6.07, 6.45) is 2.35. The fourth-order valence-corrected chi connectivity index (χ4v) is 2.57. The fraction of sp³-hybridized carbons (Fsp3) is 0.316. The first-order valence-corrected chi connectivity index (χ1v) is 8.23. The van der Waals surface area contributed by atoms with Gasteiger partial charge in [0.15, 0.2) is 0 Å². The van der Waals surface area contributed by atoms with Crippen molar-refractivity contribution in [3.63, 3.8) is 0 Å². The first-order chi connectivity index (χ1) is 11.8. The van der Waals surface area contributed by atoms with E-state index in [1.807, 2.05) is 54.6 Å². The molecular weight excluding hydrogens is 304 g/mol. The molecule has 1 fully saturated rings. The van der Waals surface area contributed by atoms with Crippen molar-refractivity contribution in [2.24, 2.45) is 0 Å². The molecule has 24 heavy (non-hydrogen) atoms. The number of ether oxygens (including phenoxy) is 2. The summed E-state index contributed by atoms with van der Waals surface area (Å²) < 4.78 is 11.3. The Hall–Kier alpha value is -2.53. The van der Waals surface area contributed by atoms with Gasteiger partial charge in [-0.3, -0.25) is 4.79 Å². The smallest absolute Gasteiger partial charge is 0.243 e. The van der Waals surface area contributed by atoms with Crippen molar-refractivity contribution in [1.82, 2.24) is 0 Å². The van der Waals surface area contributed by atoms with Gasteiger partial charge in [-0.2, -0.15) is 0 Å². The molecule has 1 aliphatic heterocycles. The van der Waals surface area contributed by atoms with Crippen LogP contribution in [0.25, 0.3) is 0 Å². The van der Waals surface area contributed by atoms with Crippen molar-refractivity contribution in [2.45, 2.75) is 18.9 Å². The molecule has 1 saturated heterocycles. The fourth-order valence-electron chi connectivity index (χ4n) is 2.57. The lowest BCUT2D eigenvalue weighted by Gasteiger charge is -2.13. The maximum Gasteiger partial charge on any atom is 0.243 e. The molecule has 0 unspecified atom stereocenters. The Bertz CT molecular complexity index is 655. The average molecular weight is 326 g/mol. The van der Waals surface area contributed by atoms with Gasteiger partial charge in [-0.15, -0.1) is 0 Å².